The molecule has 0 aromatic heterocycles. The van der Waals surface area contributed by atoms with Crippen LogP contribution >= 0.6 is 0 Å². The average molecular weight is 283 g/mol. The van der Waals surface area contributed by atoms with Gasteiger partial charge in [-0.25, -0.2) is 0 Å². The normalized spacial score (nSPS) is 10.9. The van der Waals surface area contributed by atoms with Gasteiger partial charge in [-0.2, -0.15) is 0 Å². The molecule has 0 aliphatic rings. The largest absolute Gasteiger partial charge is 0.491 e. The third-order valence-corrected chi connectivity index (χ3v) is 3.01. The molecule has 0 spiro atoms. The molecule has 0 saturated heterocycles. The monoisotopic (exact) mass is 283 g/mol. The molecule has 21 heavy (non-hydrogen) atoms. The molecular formula is C18H21NO2. The highest BCUT2D eigenvalue weighted by Gasteiger charge is 2.01. The lowest BCUT2D eigenvalue weighted by atomic mass is 10.2. The van der Waals surface area contributed by atoms with Crippen molar-refractivity contribution in [3.63, 3.8) is 0 Å². The van der Waals surface area contributed by atoms with E-state index >= 15 is 0 Å². The Bertz CT molecular complexity index is 552. The summed E-state index contributed by atoms with van der Waals surface area (Å²) in [6.45, 7) is 1.89. The highest BCUT2D eigenvalue weighted by atomic mass is 16.5. The van der Waals surface area contributed by atoms with Crippen molar-refractivity contribution in [1.29, 1.82) is 0 Å². The molecule has 0 atom stereocenters. The van der Waals surface area contributed by atoms with Crippen molar-refractivity contribution in [3.8, 4) is 5.75 Å². The summed E-state index contributed by atoms with van der Waals surface area (Å²) in [5.41, 5.74) is 2.30. The van der Waals surface area contributed by atoms with E-state index in [1.807, 2.05) is 42.5 Å². The van der Waals surface area contributed by atoms with Crippen LogP contribution in [0.1, 0.15) is 11.1 Å². The van der Waals surface area contributed by atoms with E-state index in [4.69, 9.17) is 9.84 Å². The summed E-state index contributed by atoms with van der Waals surface area (Å²) in [7, 11) is 0. The fourth-order valence-electron chi connectivity index (χ4n) is 2.00. The van der Waals surface area contributed by atoms with Gasteiger partial charge in [-0.05, 0) is 11.6 Å². The number of nitrogens with one attached hydrogen (secondary N) is 1. The lowest BCUT2D eigenvalue weighted by molar-refractivity contribution is 0.200. The van der Waals surface area contributed by atoms with Gasteiger partial charge in [-0.3, -0.25) is 0 Å². The fourth-order valence-corrected chi connectivity index (χ4v) is 2.00. The highest BCUT2D eigenvalue weighted by molar-refractivity contribution is 5.48. The Morgan fingerprint density at radius 1 is 1.00 bits per heavy atom. The van der Waals surface area contributed by atoms with Gasteiger partial charge in [0.15, 0.2) is 0 Å². The number of ether oxygens (including phenoxy) is 1. The molecule has 2 N–H and O–H groups in total. The van der Waals surface area contributed by atoms with Gasteiger partial charge in [0, 0.05) is 18.7 Å². The first-order chi connectivity index (χ1) is 10.4. The molecule has 0 unspecified atom stereocenters. The molecule has 2 rings (SSSR count). The Balaban J connectivity index is 1.79. The minimum absolute atomic E-state index is 0.0293. The molecule has 2 aromatic rings. The van der Waals surface area contributed by atoms with Crippen LogP contribution < -0.4 is 10.1 Å². The first-order valence-electron chi connectivity index (χ1n) is 7.14. The minimum Gasteiger partial charge on any atom is -0.491 e. The van der Waals surface area contributed by atoms with E-state index in [9.17, 15) is 0 Å². The lowest BCUT2D eigenvalue weighted by Crippen LogP contribution is -2.14. The Hall–Kier alpha value is -2.10. The van der Waals surface area contributed by atoms with Crippen molar-refractivity contribution < 1.29 is 9.84 Å². The molecule has 0 aliphatic heterocycles. The number of aliphatic hydroxyl groups excluding tert-OH is 1. The molecule has 0 bridgehead atoms. The van der Waals surface area contributed by atoms with Crippen molar-refractivity contribution in [2.75, 3.05) is 19.8 Å². The Labute approximate surface area is 125 Å². The van der Waals surface area contributed by atoms with Crippen LogP contribution in [-0.4, -0.2) is 24.9 Å². The van der Waals surface area contributed by atoms with Crippen molar-refractivity contribution in [3.05, 3.63) is 71.8 Å². The van der Waals surface area contributed by atoms with Gasteiger partial charge in [0.25, 0.3) is 0 Å². The van der Waals surface area contributed by atoms with E-state index in [0.29, 0.717) is 6.61 Å². The molecule has 0 amide bonds. The second kappa shape index (κ2) is 8.95. The summed E-state index contributed by atoms with van der Waals surface area (Å²) in [6.07, 6.45) is 4.20. The smallest absolute Gasteiger partial charge is 0.123 e. The minimum atomic E-state index is 0.0293. The number of rotatable bonds is 8. The summed E-state index contributed by atoms with van der Waals surface area (Å²) >= 11 is 0. The van der Waals surface area contributed by atoms with Gasteiger partial charge in [-0.1, -0.05) is 60.7 Å². The van der Waals surface area contributed by atoms with Crippen LogP contribution in [0, 0.1) is 0 Å². The fraction of sp³-hybridized carbons (Fsp3) is 0.222. The maximum absolute atomic E-state index is 8.82. The molecule has 0 radical (unpaired) electrons. The molecule has 110 valence electrons. The van der Waals surface area contributed by atoms with Gasteiger partial charge in [0.2, 0.25) is 0 Å². The van der Waals surface area contributed by atoms with Gasteiger partial charge >= 0.3 is 0 Å². The molecule has 0 heterocycles. The van der Waals surface area contributed by atoms with Crippen molar-refractivity contribution in [2.45, 2.75) is 6.54 Å². The summed E-state index contributed by atoms with van der Waals surface area (Å²) in [6, 6.07) is 18.1. The highest BCUT2D eigenvalue weighted by Crippen LogP contribution is 2.17. The zero-order valence-corrected chi connectivity index (χ0v) is 12.0. The number of para-hydroxylation sites is 1. The molecule has 0 saturated carbocycles. The van der Waals surface area contributed by atoms with E-state index in [1.54, 1.807) is 0 Å². The van der Waals surface area contributed by atoms with Crippen LogP contribution in [0.2, 0.25) is 0 Å². The van der Waals surface area contributed by atoms with Crippen LogP contribution in [0.15, 0.2) is 60.7 Å². The van der Waals surface area contributed by atoms with E-state index in [2.05, 4.69) is 29.6 Å². The van der Waals surface area contributed by atoms with Crippen LogP contribution in [0.3, 0.4) is 0 Å². The van der Waals surface area contributed by atoms with Crippen molar-refractivity contribution >= 4 is 6.08 Å². The second-order valence-corrected chi connectivity index (χ2v) is 4.62. The van der Waals surface area contributed by atoms with Gasteiger partial charge in [0.1, 0.15) is 12.4 Å². The third-order valence-electron chi connectivity index (χ3n) is 3.01. The molecular weight excluding hydrogens is 262 g/mol. The van der Waals surface area contributed by atoms with E-state index in [0.717, 1.165) is 24.4 Å². The van der Waals surface area contributed by atoms with Crippen LogP contribution in [0.5, 0.6) is 5.75 Å². The van der Waals surface area contributed by atoms with Crippen LogP contribution in [-0.2, 0) is 6.54 Å². The summed E-state index contributed by atoms with van der Waals surface area (Å²) in [5, 5.41) is 12.2. The lowest BCUT2D eigenvalue weighted by Gasteiger charge is -2.10. The predicted octanol–water partition coefficient (Wildman–Crippen LogP) is 2.86. The molecule has 3 nitrogen and oxygen atoms in total. The van der Waals surface area contributed by atoms with Gasteiger partial charge in [0.05, 0.1) is 6.61 Å². The summed E-state index contributed by atoms with van der Waals surface area (Å²) in [4.78, 5) is 0. The predicted molar refractivity (Wildman–Crippen MR) is 86.2 cm³/mol. The zero-order chi connectivity index (χ0) is 14.8. The molecule has 0 aliphatic carbocycles. The third kappa shape index (κ3) is 5.42. The van der Waals surface area contributed by atoms with E-state index in [-0.39, 0.29) is 6.61 Å². The number of hydrogen-bond donors (Lipinski definition) is 2. The number of hydrogen-bond acceptors (Lipinski definition) is 3. The Morgan fingerprint density at radius 2 is 1.76 bits per heavy atom. The van der Waals surface area contributed by atoms with Crippen molar-refractivity contribution in [1.82, 2.24) is 5.32 Å². The van der Waals surface area contributed by atoms with E-state index in [1.165, 1.54) is 5.56 Å². The SMILES string of the molecule is OCCOc1ccccc1CNCC=Cc1ccccc1. The van der Waals surface area contributed by atoms with Crippen LogP contribution in [0.4, 0.5) is 0 Å². The molecule has 3 heteroatoms. The van der Waals surface area contributed by atoms with Gasteiger partial charge in [-0.15, -0.1) is 0 Å². The summed E-state index contributed by atoms with van der Waals surface area (Å²) in [5.74, 6) is 0.825. The van der Waals surface area contributed by atoms with Crippen LogP contribution in [0.25, 0.3) is 6.08 Å². The summed E-state index contributed by atoms with van der Waals surface area (Å²) < 4.78 is 5.50. The quantitative estimate of drug-likeness (QED) is 0.732. The Morgan fingerprint density at radius 3 is 2.57 bits per heavy atom. The molecule has 0 fully saturated rings. The Kier molecular flexibility index (Phi) is 6.52. The number of benzene rings is 2. The van der Waals surface area contributed by atoms with Crippen molar-refractivity contribution in [2.24, 2.45) is 0 Å². The standard InChI is InChI=1S/C18H21NO2/c20-13-14-21-18-11-5-4-10-17(18)15-19-12-6-9-16-7-2-1-3-8-16/h1-11,19-20H,12-15H2. The topological polar surface area (TPSA) is 41.5 Å². The maximum Gasteiger partial charge on any atom is 0.123 e. The van der Waals surface area contributed by atoms with Gasteiger partial charge < -0.3 is 15.2 Å². The zero-order valence-electron chi connectivity index (χ0n) is 12.0. The average Bonchev–Trinajstić information content (AvgIpc) is 2.54. The maximum atomic E-state index is 8.82. The number of aliphatic hydroxyl groups is 1. The molecule has 2 aromatic carbocycles. The first kappa shape index (κ1) is 15.3. The van der Waals surface area contributed by atoms with E-state index < -0.39 is 0 Å². The second-order valence-electron chi connectivity index (χ2n) is 4.62. The first-order valence-corrected chi connectivity index (χ1v) is 7.14.